The van der Waals surface area contributed by atoms with Gasteiger partial charge in [-0.3, -0.25) is 0 Å². The van der Waals surface area contributed by atoms with Gasteiger partial charge in [0.2, 0.25) is 5.89 Å². The van der Waals surface area contributed by atoms with Gasteiger partial charge in [-0.2, -0.15) is 4.98 Å². The molecule has 0 spiro atoms. The average molecular weight is 288 g/mol. The van der Waals surface area contributed by atoms with Gasteiger partial charge >= 0.3 is 0 Å². The van der Waals surface area contributed by atoms with Crippen molar-refractivity contribution in [2.75, 3.05) is 0 Å². The molecule has 114 valence electrons. The molecule has 1 aromatic heterocycles. The van der Waals surface area contributed by atoms with Gasteiger partial charge in [-0.1, -0.05) is 44.1 Å². The Balaban J connectivity index is 2.04. The van der Waals surface area contributed by atoms with E-state index < -0.39 is 6.10 Å². The maximum absolute atomic E-state index is 10.1. The van der Waals surface area contributed by atoms with Crippen molar-refractivity contribution < 1.29 is 9.63 Å². The number of nitrogens with zero attached hydrogens (tertiary/aromatic N) is 2. The van der Waals surface area contributed by atoms with Gasteiger partial charge in [-0.15, -0.1) is 0 Å². The van der Waals surface area contributed by atoms with Crippen LogP contribution in [0.4, 0.5) is 0 Å². The van der Waals surface area contributed by atoms with Crippen molar-refractivity contribution in [1.82, 2.24) is 10.1 Å². The predicted octanol–water partition coefficient (Wildman–Crippen LogP) is 3.23. The van der Waals surface area contributed by atoms with E-state index in [0.29, 0.717) is 24.6 Å². The van der Waals surface area contributed by atoms with Crippen LogP contribution in [0.3, 0.4) is 0 Å². The number of aliphatic hydroxyl groups is 1. The summed E-state index contributed by atoms with van der Waals surface area (Å²) in [6.45, 7) is 10.2. The van der Waals surface area contributed by atoms with E-state index in [-0.39, 0.29) is 5.41 Å². The van der Waals surface area contributed by atoms with E-state index in [9.17, 15) is 5.11 Å². The highest BCUT2D eigenvalue weighted by molar-refractivity contribution is 5.31. The van der Waals surface area contributed by atoms with Gasteiger partial charge < -0.3 is 9.63 Å². The quantitative estimate of drug-likeness (QED) is 0.938. The third-order valence-electron chi connectivity index (χ3n) is 3.81. The van der Waals surface area contributed by atoms with Crippen molar-refractivity contribution in [2.45, 2.75) is 53.6 Å². The minimum absolute atomic E-state index is 0.192. The van der Waals surface area contributed by atoms with E-state index in [2.05, 4.69) is 42.2 Å². The Kier molecular flexibility index (Phi) is 4.47. The molecule has 4 nitrogen and oxygen atoms in total. The SMILES string of the molecule is Cc1ccc(Cc2noc(CC(O)C(C)(C)C)n2)cc1C. The molecular weight excluding hydrogens is 264 g/mol. The summed E-state index contributed by atoms with van der Waals surface area (Å²) < 4.78 is 5.24. The predicted molar refractivity (Wildman–Crippen MR) is 82.2 cm³/mol. The van der Waals surface area contributed by atoms with Crippen molar-refractivity contribution in [3.63, 3.8) is 0 Å². The summed E-state index contributed by atoms with van der Waals surface area (Å²) in [6.07, 6.45) is 0.548. The summed E-state index contributed by atoms with van der Waals surface area (Å²) in [5.74, 6) is 1.16. The molecule has 0 saturated carbocycles. The fraction of sp³-hybridized carbons (Fsp3) is 0.529. The van der Waals surface area contributed by atoms with Gasteiger partial charge in [0.15, 0.2) is 5.82 Å². The molecule has 0 saturated heterocycles. The van der Waals surface area contributed by atoms with Gasteiger partial charge in [0.1, 0.15) is 0 Å². The second-order valence-electron chi connectivity index (χ2n) is 6.79. The minimum atomic E-state index is -0.493. The summed E-state index contributed by atoms with van der Waals surface area (Å²) >= 11 is 0. The van der Waals surface area contributed by atoms with Gasteiger partial charge in [0, 0.05) is 6.42 Å². The van der Waals surface area contributed by atoms with E-state index in [4.69, 9.17) is 4.52 Å². The Labute approximate surface area is 126 Å². The second-order valence-corrected chi connectivity index (χ2v) is 6.79. The van der Waals surface area contributed by atoms with E-state index in [1.54, 1.807) is 0 Å². The van der Waals surface area contributed by atoms with Crippen molar-refractivity contribution >= 4 is 0 Å². The normalized spacial score (nSPS) is 13.4. The molecular formula is C17H24N2O2. The fourth-order valence-corrected chi connectivity index (χ4v) is 2.01. The molecule has 0 amide bonds. The minimum Gasteiger partial charge on any atom is -0.392 e. The summed E-state index contributed by atoms with van der Waals surface area (Å²) in [7, 11) is 0. The Morgan fingerprint density at radius 2 is 1.90 bits per heavy atom. The number of aromatic nitrogens is 2. The van der Waals surface area contributed by atoms with Crippen LogP contribution in [-0.4, -0.2) is 21.4 Å². The molecule has 1 atom stereocenters. The standard InChI is InChI=1S/C17H24N2O2/c1-11-6-7-13(8-12(11)2)9-15-18-16(21-19-15)10-14(20)17(3,4)5/h6-8,14,20H,9-10H2,1-5H3. The van der Waals surface area contributed by atoms with Crippen LogP contribution >= 0.6 is 0 Å². The highest BCUT2D eigenvalue weighted by atomic mass is 16.5. The highest BCUT2D eigenvalue weighted by Gasteiger charge is 2.24. The summed E-state index contributed by atoms with van der Waals surface area (Å²) in [5.41, 5.74) is 3.52. The molecule has 0 aliphatic carbocycles. The molecule has 4 heteroatoms. The van der Waals surface area contributed by atoms with Gasteiger partial charge in [0.25, 0.3) is 0 Å². The highest BCUT2D eigenvalue weighted by Crippen LogP contribution is 2.22. The number of benzene rings is 1. The van der Waals surface area contributed by atoms with E-state index in [1.165, 1.54) is 16.7 Å². The van der Waals surface area contributed by atoms with Crippen LogP contribution in [0.1, 0.15) is 49.2 Å². The molecule has 0 aliphatic heterocycles. The maximum Gasteiger partial charge on any atom is 0.229 e. The Morgan fingerprint density at radius 3 is 2.52 bits per heavy atom. The number of aryl methyl sites for hydroxylation is 2. The molecule has 1 unspecified atom stereocenters. The van der Waals surface area contributed by atoms with Crippen molar-refractivity contribution in [1.29, 1.82) is 0 Å². The molecule has 1 aromatic carbocycles. The lowest BCUT2D eigenvalue weighted by molar-refractivity contribution is 0.0565. The second kappa shape index (κ2) is 5.98. The largest absolute Gasteiger partial charge is 0.392 e. The molecule has 1 N–H and O–H groups in total. The van der Waals surface area contributed by atoms with E-state index in [0.717, 1.165) is 0 Å². The zero-order valence-corrected chi connectivity index (χ0v) is 13.5. The molecule has 0 fully saturated rings. The molecule has 2 rings (SSSR count). The molecule has 21 heavy (non-hydrogen) atoms. The number of hydrogen-bond donors (Lipinski definition) is 1. The number of rotatable bonds is 4. The lowest BCUT2D eigenvalue weighted by atomic mass is 9.87. The lowest BCUT2D eigenvalue weighted by Gasteiger charge is -2.24. The van der Waals surface area contributed by atoms with Crippen LogP contribution in [0.25, 0.3) is 0 Å². The topological polar surface area (TPSA) is 59.2 Å². The number of hydrogen-bond acceptors (Lipinski definition) is 4. The van der Waals surface area contributed by atoms with Gasteiger partial charge in [-0.25, -0.2) is 0 Å². The maximum atomic E-state index is 10.1. The molecule has 2 aromatic rings. The zero-order chi connectivity index (χ0) is 15.6. The smallest absolute Gasteiger partial charge is 0.229 e. The van der Waals surface area contributed by atoms with Crippen LogP contribution in [0.15, 0.2) is 22.7 Å². The monoisotopic (exact) mass is 288 g/mol. The first-order valence-corrected chi connectivity index (χ1v) is 7.31. The Bertz CT molecular complexity index is 611. The van der Waals surface area contributed by atoms with Crippen molar-refractivity contribution in [2.24, 2.45) is 5.41 Å². The summed E-state index contributed by atoms with van der Waals surface area (Å²) in [6, 6.07) is 6.34. The van der Waals surface area contributed by atoms with Crippen LogP contribution in [0.5, 0.6) is 0 Å². The fourth-order valence-electron chi connectivity index (χ4n) is 2.01. The molecule has 0 aliphatic rings. The summed E-state index contributed by atoms with van der Waals surface area (Å²) in [4.78, 5) is 4.37. The van der Waals surface area contributed by atoms with E-state index in [1.807, 2.05) is 20.8 Å². The van der Waals surface area contributed by atoms with Crippen LogP contribution in [0.2, 0.25) is 0 Å². The van der Waals surface area contributed by atoms with Gasteiger partial charge in [-0.05, 0) is 36.0 Å². The Hall–Kier alpha value is -1.68. The van der Waals surface area contributed by atoms with E-state index >= 15 is 0 Å². The van der Waals surface area contributed by atoms with Crippen LogP contribution in [0, 0.1) is 19.3 Å². The Morgan fingerprint density at radius 1 is 1.19 bits per heavy atom. The first-order valence-electron chi connectivity index (χ1n) is 7.31. The zero-order valence-electron chi connectivity index (χ0n) is 13.5. The third kappa shape index (κ3) is 4.14. The first kappa shape index (κ1) is 15.7. The van der Waals surface area contributed by atoms with Gasteiger partial charge in [0.05, 0.1) is 12.5 Å². The molecule has 0 radical (unpaired) electrons. The average Bonchev–Trinajstić information content (AvgIpc) is 2.80. The lowest BCUT2D eigenvalue weighted by Crippen LogP contribution is -2.28. The third-order valence-corrected chi connectivity index (χ3v) is 3.81. The molecule has 0 bridgehead atoms. The number of aliphatic hydroxyl groups excluding tert-OH is 1. The summed E-state index contributed by atoms with van der Waals surface area (Å²) in [5, 5.41) is 14.1. The first-order chi connectivity index (χ1) is 9.75. The van der Waals surface area contributed by atoms with Crippen molar-refractivity contribution in [3.05, 3.63) is 46.6 Å². The van der Waals surface area contributed by atoms with Crippen LogP contribution < -0.4 is 0 Å². The van der Waals surface area contributed by atoms with Crippen LogP contribution in [-0.2, 0) is 12.8 Å². The van der Waals surface area contributed by atoms with Crippen molar-refractivity contribution in [3.8, 4) is 0 Å². The molecule has 1 heterocycles.